The van der Waals surface area contributed by atoms with Crippen LogP contribution in [0, 0.1) is 12.3 Å². The Hall–Kier alpha value is -3.23. The van der Waals surface area contributed by atoms with Gasteiger partial charge in [0.1, 0.15) is 30.1 Å². The minimum absolute atomic E-state index is 0.0306. The van der Waals surface area contributed by atoms with Crippen molar-refractivity contribution >= 4 is 17.2 Å². The minimum atomic E-state index is -0.120. The summed E-state index contributed by atoms with van der Waals surface area (Å²) < 4.78 is 6.42. The summed E-state index contributed by atoms with van der Waals surface area (Å²) in [6.45, 7) is 9.72. The quantitative estimate of drug-likeness (QED) is 0.537. The molecule has 1 aliphatic heterocycles. The molecule has 2 aromatic rings. The maximum Gasteiger partial charge on any atom is 0.243 e. The third kappa shape index (κ3) is 4.24. The molecule has 0 saturated heterocycles. The van der Waals surface area contributed by atoms with E-state index < -0.39 is 0 Å². The molecular weight excluding hydrogens is 404 g/mol. The van der Waals surface area contributed by atoms with Crippen molar-refractivity contribution in [2.75, 3.05) is 23.3 Å². The Morgan fingerprint density at radius 1 is 1.22 bits per heavy atom. The third-order valence-corrected chi connectivity index (χ3v) is 6.01. The molecule has 1 aliphatic carbocycles. The number of rotatable bonds is 8. The molecule has 32 heavy (non-hydrogen) atoms. The molecule has 0 amide bonds. The van der Waals surface area contributed by atoms with Crippen LogP contribution in [0.4, 0.5) is 11.5 Å². The molecule has 2 unspecified atom stereocenters. The molecule has 4 rings (SSSR count). The lowest BCUT2D eigenvalue weighted by Crippen LogP contribution is -2.29. The number of aryl methyl sites for hydroxylation is 1. The molecule has 0 bridgehead atoms. The summed E-state index contributed by atoms with van der Waals surface area (Å²) in [6.07, 6.45) is 8.29. The van der Waals surface area contributed by atoms with Gasteiger partial charge in [0.15, 0.2) is 5.82 Å². The van der Waals surface area contributed by atoms with E-state index in [-0.39, 0.29) is 12.3 Å². The molecule has 9 nitrogen and oxygen atoms in total. The largest absolute Gasteiger partial charge is 0.472 e. The Bertz CT molecular complexity index is 1000. The maximum atomic E-state index is 8.41. The highest BCUT2D eigenvalue weighted by Crippen LogP contribution is 2.44. The van der Waals surface area contributed by atoms with Crippen LogP contribution < -0.4 is 20.3 Å². The first kappa shape index (κ1) is 22.0. The van der Waals surface area contributed by atoms with Gasteiger partial charge < -0.3 is 25.7 Å². The van der Waals surface area contributed by atoms with Gasteiger partial charge in [-0.2, -0.15) is 4.98 Å². The zero-order valence-electron chi connectivity index (χ0n) is 19.3. The van der Waals surface area contributed by atoms with E-state index in [1.807, 2.05) is 26.2 Å². The van der Waals surface area contributed by atoms with Crippen LogP contribution in [0.3, 0.4) is 0 Å². The van der Waals surface area contributed by atoms with E-state index >= 15 is 0 Å². The molecule has 0 radical (unpaired) electrons. The van der Waals surface area contributed by atoms with Crippen LogP contribution in [-0.2, 0) is 0 Å². The monoisotopic (exact) mass is 436 g/mol. The summed E-state index contributed by atoms with van der Waals surface area (Å²) in [7, 11) is 0. The molecule has 9 heteroatoms. The van der Waals surface area contributed by atoms with Gasteiger partial charge in [0.25, 0.3) is 0 Å². The van der Waals surface area contributed by atoms with Gasteiger partial charge in [0.2, 0.25) is 5.88 Å². The van der Waals surface area contributed by atoms with Crippen LogP contribution in [0.25, 0.3) is 0 Å². The maximum absolute atomic E-state index is 8.41. The van der Waals surface area contributed by atoms with Gasteiger partial charge in [0, 0.05) is 48.9 Å². The number of hydrogen-bond acceptors (Lipinski definition) is 9. The number of ether oxygens (including phenoxy) is 1. The lowest BCUT2D eigenvalue weighted by molar-refractivity contribution is 0.178. The van der Waals surface area contributed by atoms with Crippen LogP contribution >= 0.6 is 0 Å². The highest BCUT2D eigenvalue weighted by atomic mass is 16.5. The van der Waals surface area contributed by atoms with Crippen LogP contribution in [-0.4, -0.2) is 44.8 Å². The summed E-state index contributed by atoms with van der Waals surface area (Å²) in [4.78, 5) is 19.9. The molecule has 2 aliphatic rings. The molecule has 0 saturated carbocycles. The Kier molecular flexibility index (Phi) is 6.53. The van der Waals surface area contributed by atoms with Crippen molar-refractivity contribution < 1.29 is 4.74 Å². The van der Waals surface area contributed by atoms with Crippen molar-refractivity contribution in [2.24, 2.45) is 0 Å². The van der Waals surface area contributed by atoms with Crippen molar-refractivity contribution in [3.63, 3.8) is 0 Å². The summed E-state index contributed by atoms with van der Waals surface area (Å²) in [5.41, 5.74) is 4.71. The fourth-order valence-corrected chi connectivity index (χ4v) is 4.37. The number of nitrogens with zero attached hydrogens (tertiary/aromatic N) is 5. The van der Waals surface area contributed by atoms with Gasteiger partial charge in [-0.1, -0.05) is 6.92 Å². The Labute approximate surface area is 189 Å². The van der Waals surface area contributed by atoms with E-state index in [1.165, 1.54) is 5.70 Å². The number of nitrogens with one attached hydrogen (secondary N) is 3. The zero-order chi connectivity index (χ0) is 22.7. The first-order chi connectivity index (χ1) is 15.5. The smallest absolute Gasteiger partial charge is 0.243 e. The molecule has 2 atom stereocenters. The number of fused-ring (bicyclic) bond motifs is 1. The van der Waals surface area contributed by atoms with E-state index in [2.05, 4.69) is 49.3 Å². The summed E-state index contributed by atoms with van der Waals surface area (Å²) in [5, 5.41) is 15.4. The second-order valence-corrected chi connectivity index (χ2v) is 8.08. The van der Waals surface area contributed by atoms with Gasteiger partial charge in [-0.25, -0.2) is 15.0 Å². The van der Waals surface area contributed by atoms with E-state index in [0.29, 0.717) is 24.4 Å². The lowest BCUT2D eigenvalue weighted by atomic mass is 9.89. The highest BCUT2D eigenvalue weighted by molar-refractivity contribution is 5.98. The van der Waals surface area contributed by atoms with Gasteiger partial charge >= 0.3 is 0 Å². The number of allylic oxidation sites excluding steroid dienone is 1. The highest BCUT2D eigenvalue weighted by Gasteiger charge is 2.35. The fraction of sp³-hybridized carbons (Fsp3) is 0.522. The van der Waals surface area contributed by atoms with Crippen LogP contribution in [0.1, 0.15) is 64.0 Å². The van der Waals surface area contributed by atoms with Gasteiger partial charge in [0.05, 0.1) is 0 Å². The fourth-order valence-electron chi connectivity index (χ4n) is 4.37. The predicted molar refractivity (Wildman–Crippen MR) is 125 cm³/mol. The van der Waals surface area contributed by atoms with Crippen LogP contribution in [0.5, 0.6) is 5.88 Å². The topological polar surface area (TPSA) is 112 Å². The van der Waals surface area contributed by atoms with Gasteiger partial charge in [-0.3, -0.25) is 0 Å². The second-order valence-electron chi connectivity index (χ2n) is 8.08. The van der Waals surface area contributed by atoms with Crippen molar-refractivity contribution in [1.82, 2.24) is 25.3 Å². The van der Waals surface area contributed by atoms with Gasteiger partial charge in [-0.15, -0.1) is 0 Å². The molecule has 0 spiro atoms. The number of hydrogen-bond donors (Lipinski definition) is 3. The molecule has 3 heterocycles. The zero-order valence-corrected chi connectivity index (χ0v) is 19.3. The molecule has 0 fully saturated rings. The number of aromatic nitrogens is 4. The van der Waals surface area contributed by atoms with E-state index in [0.717, 1.165) is 54.4 Å². The first-order valence-electron chi connectivity index (χ1n) is 11.4. The third-order valence-electron chi connectivity index (χ3n) is 6.01. The average Bonchev–Trinajstić information content (AvgIpc) is 3.20. The van der Waals surface area contributed by atoms with E-state index in [1.54, 1.807) is 6.33 Å². The van der Waals surface area contributed by atoms with E-state index in [9.17, 15) is 0 Å². The minimum Gasteiger partial charge on any atom is -0.472 e. The Morgan fingerprint density at radius 3 is 2.69 bits per heavy atom. The number of anilines is 2. The Morgan fingerprint density at radius 2 is 2.00 bits per heavy atom. The van der Waals surface area contributed by atoms with Crippen LogP contribution in [0.2, 0.25) is 0 Å². The van der Waals surface area contributed by atoms with E-state index in [4.69, 9.17) is 10.1 Å². The molecule has 3 N–H and O–H groups in total. The van der Waals surface area contributed by atoms with Crippen molar-refractivity contribution in [1.29, 1.82) is 5.41 Å². The summed E-state index contributed by atoms with van der Waals surface area (Å²) in [5.74, 6) is 2.12. The molecule has 2 aromatic heterocycles. The van der Waals surface area contributed by atoms with Gasteiger partial charge in [-0.05, 0) is 45.6 Å². The SMILES string of the molecule is CCNC1=C(C(=N)CC)CC(Oc2ncnc3c2NC(c2cnc(C)nc2)N3CC)CC1. The second kappa shape index (κ2) is 9.50. The van der Waals surface area contributed by atoms with Crippen molar-refractivity contribution in [3.05, 3.63) is 41.4 Å². The predicted octanol–water partition coefficient (Wildman–Crippen LogP) is 3.75. The molecular formula is C23H32N8O. The summed E-state index contributed by atoms with van der Waals surface area (Å²) in [6, 6.07) is 0. The Balaban J connectivity index is 1.57. The first-order valence-corrected chi connectivity index (χ1v) is 11.4. The standard InChI is InChI=1S/C23H32N8O/c1-5-18(24)17-10-16(8-9-19(17)25-6-2)32-23-20-22(28-13-29-23)31(7-3)21(30-20)15-11-26-14(4)27-12-15/h11-13,16,21,24-25,30H,5-10H2,1-4H3. The average molecular weight is 437 g/mol. The normalized spacial score (nSPS) is 20.1. The summed E-state index contributed by atoms with van der Waals surface area (Å²) >= 11 is 0. The van der Waals surface area contributed by atoms with Crippen molar-refractivity contribution in [2.45, 2.75) is 65.6 Å². The lowest BCUT2D eigenvalue weighted by Gasteiger charge is -2.28. The molecule has 0 aromatic carbocycles. The molecule has 170 valence electrons. The van der Waals surface area contributed by atoms with Crippen molar-refractivity contribution in [3.8, 4) is 5.88 Å². The van der Waals surface area contributed by atoms with Crippen LogP contribution in [0.15, 0.2) is 30.0 Å².